The zero-order valence-electron chi connectivity index (χ0n) is 29.4. The van der Waals surface area contributed by atoms with E-state index in [0.29, 0.717) is 6.54 Å². The number of allylic oxidation sites excluding steroid dienone is 1. The zero-order valence-corrected chi connectivity index (χ0v) is 29.4. The molecule has 1 fully saturated rings. The predicted octanol–water partition coefficient (Wildman–Crippen LogP) is 9.73. The Kier molecular flexibility index (Phi) is 20.0. The number of anilines is 1. The minimum absolute atomic E-state index is 0.0624. The Morgan fingerprint density at radius 1 is 0.913 bits per heavy atom. The Balaban J connectivity index is 0.000000420. The number of nitrogens with one attached hydrogen (secondary N) is 2. The lowest BCUT2D eigenvalue weighted by atomic mass is 9.96. The maximum Gasteiger partial charge on any atom is 0.270 e. The normalized spacial score (nSPS) is 12.8. The van der Waals surface area contributed by atoms with Crippen molar-refractivity contribution >= 4 is 17.2 Å². The van der Waals surface area contributed by atoms with Gasteiger partial charge in [0, 0.05) is 74.0 Å². The smallest absolute Gasteiger partial charge is 0.270 e. The molecule has 1 aromatic heterocycles. The van der Waals surface area contributed by atoms with Gasteiger partial charge in [-0.25, -0.2) is 18.7 Å². The Morgan fingerprint density at radius 2 is 1.50 bits per heavy atom. The lowest BCUT2D eigenvalue weighted by Gasteiger charge is -2.28. The second kappa shape index (κ2) is 22.8. The molecule has 1 aliphatic heterocycles. The van der Waals surface area contributed by atoms with Gasteiger partial charge in [0.1, 0.15) is 6.33 Å². The van der Waals surface area contributed by atoms with Crippen molar-refractivity contribution in [1.29, 1.82) is 0 Å². The summed E-state index contributed by atoms with van der Waals surface area (Å²) in [4.78, 5) is 23.2. The van der Waals surface area contributed by atoms with Crippen molar-refractivity contribution in [2.45, 2.75) is 99.0 Å². The summed E-state index contributed by atoms with van der Waals surface area (Å²) < 4.78 is 25.5. The van der Waals surface area contributed by atoms with Gasteiger partial charge >= 0.3 is 0 Å². The minimum Gasteiger partial charge on any atom is -0.388 e. The highest BCUT2D eigenvalue weighted by molar-refractivity contribution is 6.21. The second-order valence-electron chi connectivity index (χ2n) is 11.0. The summed E-state index contributed by atoms with van der Waals surface area (Å²) in [5, 5.41) is 6.16. The third-order valence-corrected chi connectivity index (χ3v) is 7.43. The molecular formula is C38H57F2N5O. The third-order valence-electron chi connectivity index (χ3n) is 7.43. The number of hydrogen-bond acceptors (Lipinski definition) is 5. The number of amides is 1. The van der Waals surface area contributed by atoms with Crippen LogP contribution in [0.5, 0.6) is 0 Å². The lowest BCUT2D eigenvalue weighted by molar-refractivity contribution is -0.125. The van der Waals surface area contributed by atoms with Gasteiger partial charge in [-0.2, -0.15) is 0 Å². The number of rotatable bonds is 10. The number of halogens is 2. The molecule has 0 saturated carbocycles. The lowest BCUT2D eigenvalue weighted by Crippen LogP contribution is -2.36. The molecule has 0 aliphatic carbocycles. The Labute approximate surface area is 277 Å². The number of likely N-dealkylation sites (tertiary alicyclic amines) is 1. The van der Waals surface area contributed by atoms with E-state index in [1.807, 2.05) is 64.0 Å². The average Bonchev–Trinajstić information content (AvgIpc) is 3.10. The average molecular weight is 638 g/mol. The molecule has 2 aromatic carbocycles. The Hall–Kier alpha value is -3.65. The molecule has 3 aromatic rings. The van der Waals surface area contributed by atoms with E-state index in [-0.39, 0.29) is 11.5 Å². The SMILES string of the molecule is C/C=C(/C(=O)N1CCCCC1)c1cc(-c2cncnc2)ccc1NC.CC.CCCCCC.CNCc1ccc(C(C)(F)F)cc1. The van der Waals surface area contributed by atoms with Crippen molar-refractivity contribution in [3.05, 3.63) is 84.0 Å². The highest BCUT2D eigenvalue weighted by Crippen LogP contribution is 2.31. The molecule has 0 atom stereocenters. The molecular weight excluding hydrogens is 580 g/mol. The minimum atomic E-state index is -2.74. The number of piperidine rings is 1. The molecule has 46 heavy (non-hydrogen) atoms. The fraction of sp³-hybridized carbons (Fsp3) is 0.500. The van der Waals surface area contributed by atoms with Gasteiger partial charge in [-0.15, -0.1) is 0 Å². The molecule has 0 bridgehead atoms. The first-order valence-electron chi connectivity index (χ1n) is 16.8. The van der Waals surface area contributed by atoms with E-state index in [0.717, 1.165) is 66.4 Å². The first-order valence-corrected chi connectivity index (χ1v) is 16.8. The van der Waals surface area contributed by atoms with Crippen LogP contribution in [0.4, 0.5) is 14.5 Å². The molecule has 0 unspecified atom stereocenters. The highest BCUT2D eigenvalue weighted by atomic mass is 19.3. The summed E-state index contributed by atoms with van der Waals surface area (Å²) >= 11 is 0. The van der Waals surface area contributed by atoms with Crippen LogP contribution in [0.1, 0.15) is 103 Å². The van der Waals surface area contributed by atoms with E-state index in [4.69, 9.17) is 0 Å². The first-order chi connectivity index (χ1) is 22.2. The van der Waals surface area contributed by atoms with Crippen molar-refractivity contribution in [2.75, 3.05) is 32.5 Å². The largest absolute Gasteiger partial charge is 0.388 e. The number of carbonyl (C=O) groups is 1. The zero-order chi connectivity index (χ0) is 34.4. The van der Waals surface area contributed by atoms with Gasteiger partial charge in [-0.05, 0) is 56.5 Å². The van der Waals surface area contributed by atoms with E-state index < -0.39 is 5.92 Å². The summed E-state index contributed by atoms with van der Waals surface area (Å²) in [6.45, 7) is 13.7. The van der Waals surface area contributed by atoms with Gasteiger partial charge < -0.3 is 15.5 Å². The van der Waals surface area contributed by atoms with Crippen LogP contribution in [-0.4, -0.2) is 48.0 Å². The van der Waals surface area contributed by atoms with Crippen LogP contribution in [0.15, 0.2) is 67.3 Å². The molecule has 2 N–H and O–H groups in total. The van der Waals surface area contributed by atoms with Crippen molar-refractivity contribution in [3.63, 3.8) is 0 Å². The number of aromatic nitrogens is 2. The van der Waals surface area contributed by atoms with Crippen LogP contribution in [0.25, 0.3) is 16.7 Å². The highest BCUT2D eigenvalue weighted by Gasteiger charge is 2.24. The number of alkyl halides is 2. The van der Waals surface area contributed by atoms with Crippen molar-refractivity contribution in [1.82, 2.24) is 20.2 Å². The third kappa shape index (κ3) is 13.8. The summed E-state index contributed by atoms with van der Waals surface area (Å²) in [6.07, 6.45) is 15.9. The quantitative estimate of drug-likeness (QED) is 0.171. The maximum absolute atomic E-state index is 13.1. The molecule has 1 saturated heterocycles. The number of carbonyl (C=O) groups excluding carboxylic acids is 1. The van der Waals surface area contributed by atoms with E-state index in [1.165, 1.54) is 50.6 Å². The van der Waals surface area contributed by atoms with Crippen LogP contribution in [0.3, 0.4) is 0 Å². The summed E-state index contributed by atoms with van der Waals surface area (Å²) in [7, 11) is 3.70. The van der Waals surface area contributed by atoms with Crippen molar-refractivity contribution in [2.24, 2.45) is 0 Å². The van der Waals surface area contributed by atoms with Crippen LogP contribution < -0.4 is 10.6 Å². The fourth-order valence-electron chi connectivity index (χ4n) is 4.89. The molecule has 254 valence electrons. The summed E-state index contributed by atoms with van der Waals surface area (Å²) in [5.41, 5.74) is 5.61. The van der Waals surface area contributed by atoms with Gasteiger partial charge in [0.2, 0.25) is 0 Å². The Morgan fingerprint density at radius 3 is 1.98 bits per heavy atom. The first kappa shape index (κ1) is 40.4. The monoisotopic (exact) mass is 637 g/mol. The standard InChI is InChI=1S/C20H24N4O.C10H13F2N.C6H14.C2H6/c1-3-17(20(25)24-9-5-4-6-10-24)18-11-15(7-8-19(18)21-2)16-12-22-14-23-13-16;1-10(11,12)9-5-3-8(4-6-9)7-13-2;1-3-5-6-4-2;1-2/h3,7-8,11-14,21H,4-6,9-10H2,1-2H3;3-6,13H,7H2,1-2H3;3-6H2,1-2H3;1-2H3/b17-3+;;;. The summed E-state index contributed by atoms with van der Waals surface area (Å²) in [6, 6.07) is 12.4. The van der Waals surface area contributed by atoms with Gasteiger partial charge in [0.25, 0.3) is 11.8 Å². The molecule has 1 amide bonds. The van der Waals surface area contributed by atoms with Gasteiger partial charge in [0.15, 0.2) is 0 Å². The molecule has 0 spiro atoms. The van der Waals surface area contributed by atoms with E-state index >= 15 is 0 Å². The van der Waals surface area contributed by atoms with E-state index in [2.05, 4.69) is 34.4 Å². The molecule has 4 rings (SSSR count). The van der Waals surface area contributed by atoms with Crippen LogP contribution in [0.2, 0.25) is 0 Å². The number of nitrogens with zero attached hydrogens (tertiary/aromatic N) is 3. The molecule has 1 aliphatic rings. The fourth-order valence-corrected chi connectivity index (χ4v) is 4.89. The topological polar surface area (TPSA) is 70.2 Å². The molecule has 0 radical (unpaired) electrons. The number of benzene rings is 2. The molecule has 8 heteroatoms. The van der Waals surface area contributed by atoms with Crippen LogP contribution >= 0.6 is 0 Å². The molecule has 2 heterocycles. The van der Waals surface area contributed by atoms with Gasteiger partial charge in [-0.3, -0.25) is 4.79 Å². The van der Waals surface area contributed by atoms with Crippen LogP contribution in [-0.2, 0) is 17.3 Å². The van der Waals surface area contributed by atoms with Gasteiger partial charge in [0.05, 0.1) is 0 Å². The van der Waals surface area contributed by atoms with E-state index in [9.17, 15) is 13.6 Å². The van der Waals surface area contributed by atoms with Crippen LogP contribution in [0, 0.1) is 0 Å². The van der Waals surface area contributed by atoms with Crippen molar-refractivity contribution in [3.8, 4) is 11.1 Å². The Bertz CT molecular complexity index is 1260. The van der Waals surface area contributed by atoms with Crippen molar-refractivity contribution < 1.29 is 13.6 Å². The maximum atomic E-state index is 13.1. The second-order valence-corrected chi connectivity index (χ2v) is 11.0. The van der Waals surface area contributed by atoms with Gasteiger partial charge in [-0.1, -0.05) is 89.8 Å². The summed E-state index contributed by atoms with van der Waals surface area (Å²) in [5.74, 6) is -2.63. The molecule has 6 nitrogen and oxygen atoms in total. The number of unbranched alkanes of at least 4 members (excludes halogenated alkanes) is 3. The number of hydrogen-bond donors (Lipinski definition) is 2. The van der Waals surface area contributed by atoms with E-state index in [1.54, 1.807) is 24.5 Å². The predicted molar refractivity (Wildman–Crippen MR) is 191 cm³/mol.